The highest BCUT2D eigenvalue weighted by atomic mass is 31.2. The summed E-state index contributed by atoms with van der Waals surface area (Å²) in [6, 6.07) is 9.49. The molecule has 0 bridgehead atoms. The van der Waals surface area contributed by atoms with Gasteiger partial charge in [-0.05, 0) is 0 Å². The average molecular weight is 228 g/mol. The van der Waals surface area contributed by atoms with Gasteiger partial charge < -0.3 is 9.79 Å². The van der Waals surface area contributed by atoms with Crippen molar-refractivity contribution in [3.63, 3.8) is 0 Å². The minimum Gasteiger partial charge on any atom is -0.373 e. The molecule has 76 valence electrons. The van der Waals surface area contributed by atoms with Gasteiger partial charge in [0.15, 0.2) is 0 Å². The number of allylic oxidation sites excluding steroid dienone is 1. The molecule has 0 spiro atoms. The molecule has 2 atom stereocenters. The van der Waals surface area contributed by atoms with Crippen molar-refractivity contribution in [2.24, 2.45) is 0 Å². The Morgan fingerprint density at radius 2 is 1.86 bits per heavy atom. The summed E-state index contributed by atoms with van der Waals surface area (Å²) in [5.74, 6) is 0.487. The molecular weight excluding hydrogens is 214 g/mol. The van der Waals surface area contributed by atoms with Crippen molar-refractivity contribution in [3.8, 4) is 0 Å². The molecule has 0 aliphatic rings. The Morgan fingerprint density at radius 1 is 1.21 bits per heavy atom. The topological polar surface area (TPSA) is 40.5 Å². The van der Waals surface area contributed by atoms with Gasteiger partial charge >= 0.3 is 0 Å². The SMILES string of the molecule is C=CCP(O)CP(O)c1ccccc1. The summed E-state index contributed by atoms with van der Waals surface area (Å²) in [6.07, 6.45) is 2.29. The van der Waals surface area contributed by atoms with Crippen LogP contribution in [0.1, 0.15) is 0 Å². The van der Waals surface area contributed by atoms with Crippen LogP contribution in [0.3, 0.4) is 0 Å². The van der Waals surface area contributed by atoms with Crippen LogP contribution in [0.4, 0.5) is 0 Å². The maximum Gasteiger partial charge on any atom is 0.0629 e. The molecule has 0 heterocycles. The van der Waals surface area contributed by atoms with Gasteiger partial charge in [-0.2, -0.15) is 0 Å². The molecule has 0 amide bonds. The van der Waals surface area contributed by atoms with Gasteiger partial charge in [-0.15, -0.1) is 6.58 Å². The first-order valence-corrected chi connectivity index (χ1v) is 7.44. The number of rotatable bonds is 5. The van der Waals surface area contributed by atoms with E-state index < -0.39 is 16.3 Å². The minimum atomic E-state index is -1.20. The Kier molecular flexibility index (Phi) is 5.29. The lowest BCUT2D eigenvalue weighted by molar-refractivity contribution is 0.621. The van der Waals surface area contributed by atoms with Gasteiger partial charge in [-0.25, -0.2) is 0 Å². The largest absolute Gasteiger partial charge is 0.373 e. The van der Waals surface area contributed by atoms with E-state index >= 15 is 0 Å². The van der Waals surface area contributed by atoms with Crippen LogP contribution in [-0.4, -0.2) is 21.9 Å². The van der Waals surface area contributed by atoms with Crippen LogP contribution in [0.15, 0.2) is 43.0 Å². The Hall–Kier alpha value is -0.260. The Balaban J connectivity index is 2.50. The van der Waals surface area contributed by atoms with Crippen molar-refractivity contribution in [1.29, 1.82) is 0 Å². The van der Waals surface area contributed by atoms with Crippen LogP contribution in [-0.2, 0) is 0 Å². The van der Waals surface area contributed by atoms with Crippen molar-refractivity contribution >= 4 is 21.6 Å². The van der Waals surface area contributed by atoms with Gasteiger partial charge in [-0.3, -0.25) is 0 Å². The first-order chi connectivity index (χ1) is 6.74. The molecular formula is C10H14O2P2. The lowest BCUT2D eigenvalue weighted by Gasteiger charge is -2.13. The third-order valence-corrected chi connectivity index (χ3v) is 5.64. The first-order valence-electron chi connectivity index (χ1n) is 4.30. The third kappa shape index (κ3) is 3.86. The monoisotopic (exact) mass is 228 g/mol. The van der Waals surface area contributed by atoms with Crippen LogP contribution in [0.2, 0.25) is 0 Å². The first kappa shape index (κ1) is 11.8. The molecule has 1 aromatic carbocycles. The van der Waals surface area contributed by atoms with Gasteiger partial charge in [-0.1, -0.05) is 36.4 Å². The van der Waals surface area contributed by atoms with Crippen molar-refractivity contribution in [2.45, 2.75) is 0 Å². The van der Waals surface area contributed by atoms with E-state index in [-0.39, 0.29) is 0 Å². The van der Waals surface area contributed by atoms with E-state index in [9.17, 15) is 9.79 Å². The lowest BCUT2D eigenvalue weighted by Crippen LogP contribution is -2.01. The second-order valence-electron chi connectivity index (χ2n) is 2.85. The molecule has 2 N–H and O–H groups in total. The van der Waals surface area contributed by atoms with Crippen molar-refractivity contribution in [3.05, 3.63) is 43.0 Å². The normalized spacial score (nSPS) is 14.7. The van der Waals surface area contributed by atoms with E-state index in [1.54, 1.807) is 6.08 Å². The van der Waals surface area contributed by atoms with E-state index in [1.165, 1.54) is 0 Å². The van der Waals surface area contributed by atoms with E-state index in [4.69, 9.17) is 0 Å². The van der Waals surface area contributed by atoms with E-state index in [1.807, 2.05) is 30.3 Å². The van der Waals surface area contributed by atoms with E-state index in [0.717, 1.165) is 5.30 Å². The van der Waals surface area contributed by atoms with Crippen LogP contribution in [0.25, 0.3) is 0 Å². The fourth-order valence-corrected chi connectivity index (χ4v) is 4.21. The third-order valence-electron chi connectivity index (χ3n) is 1.69. The predicted octanol–water partition coefficient (Wildman–Crippen LogP) is 2.23. The van der Waals surface area contributed by atoms with Crippen molar-refractivity contribution in [1.82, 2.24) is 0 Å². The van der Waals surface area contributed by atoms with E-state index in [0.29, 0.717) is 12.1 Å². The maximum absolute atomic E-state index is 9.80. The summed E-state index contributed by atoms with van der Waals surface area (Å²) in [5, 5.41) is 0.924. The molecule has 2 unspecified atom stereocenters. The van der Waals surface area contributed by atoms with Gasteiger partial charge in [0.2, 0.25) is 0 Å². The molecule has 0 radical (unpaired) electrons. The number of hydrogen-bond acceptors (Lipinski definition) is 2. The van der Waals surface area contributed by atoms with Crippen LogP contribution >= 0.6 is 16.3 Å². The molecule has 0 aliphatic heterocycles. The quantitative estimate of drug-likeness (QED) is 0.599. The Morgan fingerprint density at radius 3 is 2.43 bits per heavy atom. The van der Waals surface area contributed by atoms with Gasteiger partial charge in [0.05, 0.1) is 8.15 Å². The molecule has 0 aliphatic carbocycles. The van der Waals surface area contributed by atoms with Crippen LogP contribution < -0.4 is 5.30 Å². The summed E-state index contributed by atoms with van der Waals surface area (Å²) in [4.78, 5) is 19.3. The molecule has 4 heteroatoms. The Labute approximate surface area is 87.0 Å². The van der Waals surface area contributed by atoms with Crippen molar-refractivity contribution < 1.29 is 9.79 Å². The predicted molar refractivity (Wildman–Crippen MR) is 64.3 cm³/mol. The standard InChI is InChI=1S/C10H14O2P2/c1-2-8-13(11)9-14(12)10-6-4-3-5-7-10/h2-7,11-12H,1,8-9H2. The number of hydrogen-bond donors (Lipinski definition) is 2. The molecule has 1 aromatic rings. The lowest BCUT2D eigenvalue weighted by atomic mass is 10.4. The van der Waals surface area contributed by atoms with Gasteiger partial charge in [0, 0.05) is 25.5 Å². The fourth-order valence-electron chi connectivity index (χ4n) is 1.04. The summed E-state index contributed by atoms with van der Waals surface area (Å²) in [5.41, 5.74) is 0. The smallest absolute Gasteiger partial charge is 0.0629 e. The fraction of sp³-hybridized carbons (Fsp3) is 0.200. The second-order valence-corrected chi connectivity index (χ2v) is 6.68. The van der Waals surface area contributed by atoms with E-state index in [2.05, 4.69) is 6.58 Å². The van der Waals surface area contributed by atoms with Gasteiger partial charge in [0.25, 0.3) is 0 Å². The molecule has 0 saturated carbocycles. The van der Waals surface area contributed by atoms with Crippen molar-refractivity contribution in [2.75, 3.05) is 12.1 Å². The summed E-state index contributed by atoms with van der Waals surface area (Å²) < 4.78 is 0. The molecule has 2 nitrogen and oxygen atoms in total. The molecule has 0 aromatic heterocycles. The van der Waals surface area contributed by atoms with Crippen LogP contribution in [0.5, 0.6) is 0 Å². The highest BCUT2D eigenvalue weighted by Crippen LogP contribution is 2.44. The van der Waals surface area contributed by atoms with Crippen LogP contribution in [0, 0.1) is 0 Å². The highest BCUT2D eigenvalue weighted by Gasteiger charge is 2.12. The zero-order valence-corrected chi connectivity index (χ0v) is 9.66. The zero-order valence-electron chi connectivity index (χ0n) is 7.87. The molecule has 0 saturated heterocycles. The maximum atomic E-state index is 9.80. The second kappa shape index (κ2) is 6.27. The summed E-state index contributed by atoms with van der Waals surface area (Å²) in [7, 11) is -2.28. The number of benzene rings is 1. The molecule has 1 rings (SSSR count). The molecule has 0 fully saturated rings. The Bertz CT molecular complexity index is 277. The van der Waals surface area contributed by atoms with Gasteiger partial charge in [0.1, 0.15) is 0 Å². The summed E-state index contributed by atoms with van der Waals surface area (Å²) >= 11 is 0. The average Bonchev–Trinajstić information content (AvgIpc) is 2.19. The highest BCUT2D eigenvalue weighted by molar-refractivity contribution is 7.73. The molecule has 14 heavy (non-hydrogen) atoms. The summed E-state index contributed by atoms with van der Waals surface area (Å²) in [6.45, 7) is 3.56. The zero-order chi connectivity index (χ0) is 10.4. The minimum absolute atomic E-state index is 0.487.